The number of nitrogens with one attached hydrogen (secondary N) is 1. The summed E-state index contributed by atoms with van der Waals surface area (Å²) >= 11 is 0. The van der Waals surface area contributed by atoms with Crippen LogP contribution in [0.2, 0.25) is 0 Å². The van der Waals surface area contributed by atoms with Gasteiger partial charge in [-0.1, -0.05) is 36.9 Å². The number of hydrogen-bond donors (Lipinski definition) is 1. The molecule has 0 aliphatic rings. The number of oxime groups is 1. The Balaban J connectivity index is 2.32. The molecule has 0 saturated heterocycles. The van der Waals surface area contributed by atoms with Crippen LogP contribution in [0.1, 0.15) is 5.56 Å². The Morgan fingerprint density at radius 2 is 2.07 bits per heavy atom. The first-order chi connectivity index (χ1) is 6.84. The Bertz CT molecular complexity index is 295. The molecule has 0 unspecified atom stereocenters. The molecule has 0 atom stereocenters. The summed E-state index contributed by atoms with van der Waals surface area (Å²) in [5.74, 6) is 0. The Morgan fingerprint density at radius 1 is 1.36 bits per heavy atom. The monoisotopic (exact) mass is 190 g/mol. The molecule has 14 heavy (non-hydrogen) atoms. The Morgan fingerprint density at radius 3 is 2.71 bits per heavy atom. The van der Waals surface area contributed by atoms with Gasteiger partial charge >= 0.3 is 0 Å². The lowest BCUT2D eigenvalue weighted by Crippen LogP contribution is -2.16. The fourth-order valence-corrected chi connectivity index (χ4v) is 1.05. The van der Waals surface area contributed by atoms with Gasteiger partial charge in [-0.25, -0.2) is 0 Å². The predicted octanol–water partition coefficient (Wildman–Crippen LogP) is 1.88. The maximum absolute atomic E-state index is 4.73. The van der Waals surface area contributed by atoms with Gasteiger partial charge in [0.2, 0.25) is 0 Å². The van der Waals surface area contributed by atoms with Gasteiger partial charge in [0.15, 0.2) is 0 Å². The van der Waals surface area contributed by atoms with E-state index in [4.69, 9.17) is 4.84 Å². The second-order valence-electron chi connectivity index (χ2n) is 2.73. The number of nitrogens with zero attached hydrogens (tertiary/aromatic N) is 1. The van der Waals surface area contributed by atoms with Crippen LogP contribution < -0.4 is 5.32 Å². The summed E-state index contributed by atoms with van der Waals surface area (Å²) in [6.07, 6.45) is 0. The predicted molar refractivity (Wildman–Crippen MR) is 59.0 cm³/mol. The highest BCUT2D eigenvalue weighted by Gasteiger charge is 1.95. The summed E-state index contributed by atoms with van der Waals surface area (Å²) in [6, 6.07) is 9.93. The van der Waals surface area contributed by atoms with E-state index in [0.29, 0.717) is 13.2 Å². The van der Waals surface area contributed by atoms with E-state index >= 15 is 0 Å². The molecule has 0 spiro atoms. The molecule has 0 fully saturated rings. The average Bonchev–Trinajstić information content (AvgIpc) is 2.25. The smallest absolute Gasteiger partial charge is 0.134 e. The molecule has 1 rings (SSSR count). The fourth-order valence-electron chi connectivity index (χ4n) is 1.05. The van der Waals surface area contributed by atoms with E-state index in [9.17, 15) is 0 Å². The van der Waals surface area contributed by atoms with Crippen LogP contribution in [0.15, 0.2) is 42.1 Å². The normalized spacial score (nSPS) is 9.14. The Hall–Kier alpha value is -1.77. The highest BCUT2D eigenvalue weighted by Crippen LogP contribution is 2.07. The lowest BCUT2D eigenvalue weighted by atomic mass is 10.2. The van der Waals surface area contributed by atoms with E-state index in [1.165, 1.54) is 0 Å². The Kier molecular flexibility index (Phi) is 4.27. The SMILES string of the molecule is C=NOCCNC(=C)c1ccccc1. The van der Waals surface area contributed by atoms with Crippen molar-refractivity contribution in [2.75, 3.05) is 13.2 Å². The molecule has 0 aliphatic carbocycles. The lowest BCUT2D eigenvalue weighted by Gasteiger charge is -2.08. The van der Waals surface area contributed by atoms with Gasteiger partial charge in [0.1, 0.15) is 6.61 Å². The molecule has 3 nitrogen and oxygen atoms in total. The molecule has 1 N–H and O–H groups in total. The second-order valence-corrected chi connectivity index (χ2v) is 2.73. The molecule has 1 aromatic rings. The van der Waals surface area contributed by atoms with Gasteiger partial charge in [0.05, 0.1) is 6.54 Å². The minimum absolute atomic E-state index is 0.495. The first-order valence-corrected chi connectivity index (χ1v) is 4.41. The second kappa shape index (κ2) is 5.80. The van der Waals surface area contributed by atoms with Gasteiger partial charge < -0.3 is 10.2 Å². The van der Waals surface area contributed by atoms with Gasteiger partial charge in [-0.2, -0.15) is 0 Å². The van der Waals surface area contributed by atoms with Gasteiger partial charge in [-0.15, -0.1) is 5.16 Å². The van der Waals surface area contributed by atoms with E-state index in [0.717, 1.165) is 11.3 Å². The molecular weight excluding hydrogens is 176 g/mol. The molecule has 1 aromatic carbocycles. The van der Waals surface area contributed by atoms with Crippen LogP contribution in [-0.4, -0.2) is 19.9 Å². The molecule has 0 radical (unpaired) electrons. The average molecular weight is 190 g/mol. The standard InChI is InChI=1S/C11H14N2O/c1-10(13-8-9-14-12-2)11-6-4-3-5-7-11/h3-7,13H,1-2,8-9H2. The van der Waals surface area contributed by atoms with Crippen LogP contribution in [0.25, 0.3) is 5.70 Å². The summed E-state index contributed by atoms with van der Waals surface area (Å²) in [5.41, 5.74) is 1.97. The highest BCUT2D eigenvalue weighted by molar-refractivity contribution is 5.61. The zero-order valence-corrected chi connectivity index (χ0v) is 8.07. The summed E-state index contributed by atoms with van der Waals surface area (Å²) in [6.45, 7) is 8.29. The molecule has 0 bridgehead atoms. The van der Waals surface area contributed by atoms with Crippen LogP contribution in [0.3, 0.4) is 0 Å². The number of rotatable bonds is 6. The summed E-state index contributed by atoms with van der Waals surface area (Å²) in [4.78, 5) is 4.73. The largest absolute Gasteiger partial charge is 0.394 e. The third kappa shape index (κ3) is 3.31. The zero-order valence-electron chi connectivity index (χ0n) is 8.07. The van der Waals surface area contributed by atoms with Crippen molar-refractivity contribution in [3.63, 3.8) is 0 Å². The van der Waals surface area contributed by atoms with Crippen LogP contribution >= 0.6 is 0 Å². The lowest BCUT2D eigenvalue weighted by molar-refractivity contribution is 0.151. The van der Waals surface area contributed by atoms with E-state index in [-0.39, 0.29) is 0 Å². The zero-order chi connectivity index (χ0) is 10.2. The summed E-state index contributed by atoms with van der Waals surface area (Å²) < 4.78 is 0. The molecular formula is C11H14N2O. The first kappa shape index (κ1) is 10.3. The molecule has 0 amide bonds. The van der Waals surface area contributed by atoms with E-state index in [1.807, 2.05) is 30.3 Å². The topological polar surface area (TPSA) is 33.6 Å². The maximum Gasteiger partial charge on any atom is 0.134 e. The van der Waals surface area contributed by atoms with Crippen molar-refractivity contribution in [1.29, 1.82) is 0 Å². The van der Waals surface area contributed by atoms with Gasteiger partial charge in [-0.05, 0) is 5.56 Å². The quantitative estimate of drug-likeness (QED) is 0.422. The molecule has 0 aliphatic heterocycles. The summed E-state index contributed by atoms with van der Waals surface area (Å²) in [5, 5.41) is 6.41. The molecule has 74 valence electrons. The van der Waals surface area contributed by atoms with Crippen LogP contribution in [0.5, 0.6) is 0 Å². The van der Waals surface area contributed by atoms with Crippen molar-refractivity contribution in [3.05, 3.63) is 42.5 Å². The van der Waals surface area contributed by atoms with Crippen LogP contribution in [0, 0.1) is 0 Å². The van der Waals surface area contributed by atoms with Crippen molar-refractivity contribution in [2.24, 2.45) is 5.16 Å². The molecule has 0 heterocycles. The third-order valence-corrected chi connectivity index (χ3v) is 1.75. The number of benzene rings is 1. The van der Waals surface area contributed by atoms with Gasteiger partial charge in [0, 0.05) is 12.4 Å². The van der Waals surface area contributed by atoms with E-state index < -0.39 is 0 Å². The van der Waals surface area contributed by atoms with Crippen molar-refractivity contribution >= 4 is 12.4 Å². The van der Waals surface area contributed by atoms with Crippen molar-refractivity contribution in [3.8, 4) is 0 Å². The minimum atomic E-state index is 0.495. The number of hydrogen-bond acceptors (Lipinski definition) is 3. The maximum atomic E-state index is 4.73. The molecule has 0 saturated carbocycles. The first-order valence-electron chi connectivity index (χ1n) is 4.41. The molecule has 0 aromatic heterocycles. The Labute approximate surface area is 84.1 Å². The third-order valence-electron chi connectivity index (χ3n) is 1.75. The van der Waals surface area contributed by atoms with Crippen molar-refractivity contribution in [1.82, 2.24) is 5.32 Å². The van der Waals surface area contributed by atoms with E-state index in [2.05, 4.69) is 23.8 Å². The van der Waals surface area contributed by atoms with E-state index in [1.54, 1.807) is 0 Å². The van der Waals surface area contributed by atoms with Crippen LogP contribution in [0.4, 0.5) is 0 Å². The van der Waals surface area contributed by atoms with Gasteiger partial charge in [0.25, 0.3) is 0 Å². The summed E-state index contributed by atoms with van der Waals surface area (Å²) in [7, 11) is 0. The van der Waals surface area contributed by atoms with Crippen LogP contribution in [-0.2, 0) is 4.84 Å². The minimum Gasteiger partial charge on any atom is -0.394 e. The van der Waals surface area contributed by atoms with Crippen molar-refractivity contribution in [2.45, 2.75) is 0 Å². The van der Waals surface area contributed by atoms with Crippen molar-refractivity contribution < 1.29 is 4.84 Å². The van der Waals surface area contributed by atoms with Gasteiger partial charge in [-0.3, -0.25) is 0 Å². The highest BCUT2D eigenvalue weighted by atomic mass is 16.6. The molecule has 3 heteroatoms. The fraction of sp³-hybridized carbons (Fsp3) is 0.182.